The monoisotopic (exact) mass is 224 g/mol. The summed E-state index contributed by atoms with van der Waals surface area (Å²) in [5, 5.41) is 0. The summed E-state index contributed by atoms with van der Waals surface area (Å²) >= 11 is 0. The SMILES string of the molecule is CCN(CC)CCC(N)c1ccccc1F. The molecule has 1 aromatic rings. The molecule has 0 saturated carbocycles. The molecule has 0 aromatic heterocycles. The van der Waals surface area contributed by atoms with Gasteiger partial charge in [-0.25, -0.2) is 4.39 Å². The quantitative estimate of drug-likeness (QED) is 0.804. The standard InChI is InChI=1S/C13H21FN2/c1-3-16(4-2)10-9-13(15)11-7-5-6-8-12(11)14/h5-8,13H,3-4,9-10,15H2,1-2H3. The largest absolute Gasteiger partial charge is 0.324 e. The third kappa shape index (κ3) is 3.58. The van der Waals surface area contributed by atoms with Crippen molar-refractivity contribution in [3.8, 4) is 0 Å². The van der Waals surface area contributed by atoms with Gasteiger partial charge in [0.05, 0.1) is 0 Å². The fourth-order valence-electron chi connectivity index (χ4n) is 1.79. The Morgan fingerprint density at radius 3 is 2.44 bits per heavy atom. The second-order valence-corrected chi connectivity index (χ2v) is 3.94. The van der Waals surface area contributed by atoms with Crippen LogP contribution in [-0.2, 0) is 0 Å². The zero-order valence-corrected chi connectivity index (χ0v) is 10.1. The molecule has 0 heterocycles. The topological polar surface area (TPSA) is 29.3 Å². The van der Waals surface area contributed by atoms with Crippen molar-refractivity contribution in [3.63, 3.8) is 0 Å². The molecule has 3 heteroatoms. The van der Waals surface area contributed by atoms with Crippen LogP contribution in [-0.4, -0.2) is 24.5 Å². The van der Waals surface area contributed by atoms with Crippen molar-refractivity contribution in [1.29, 1.82) is 0 Å². The van der Waals surface area contributed by atoms with E-state index in [9.17, 15) is 4.39 Å². The molecule has 0 aliphatic rings. The average molecular weight is 224 g/mol. The van der Waals surface area contributed by atoms with Gasteiger partial charge in [0.15, 0.2) is 0 Å². The first-order chi connectivity index (χ1) is 7.69. The Kier molecular flexibility index (Phi) is 5.43. The first kappa shape index (κ1) is 13.1. The Bertz CT molecular complexity index is 311. The van der Waals surface area contributed by atoms with Crippen LogP contribution in [0.1, 0.15) is 31.9 Å². The predicted molar refractivity (Wildman–Crippen MR) is 65.7 cm³/mol. The lowest BCUT2D eigenvalue weighted by molar-refractivity contribution is 0.290. The second kappa shape index (κ2) is 6.61. The van der Waals surface area contributed by atoms with Crippen molar-refractivity contribution in [2.24, 2.45) is 5.73 Å². The van der Waals surface area contributed by atoms with Crippen LogP contribution in [0.4, 0.5) is 4.39 Å². The summed E-state index contributed by atoms with van der Waals surface area (Å²) in [7, 11) is 0. The van der Waals surface area contributed by atoms with Crippen molar-refractivity contribution in [2.45, 2.75) is 26.3 Å². The van der Waals surface area contributed by atoms with Gasteiger partial charge in [-0.15, -0.1) is 0 Å². The maximum Gasteiger partial charge on any atom is 0.127 e. The summed E-state index contributed by atoms with van der Waals surface area (Å²) in [6.45, 7) is 7.19. The number of nitrogens with zero attached hydrogens (tertiary/aromatic N) is 1. The summed E-state index contributed by atoms with van der Waals surface area (Å²) in [5.41, 5.74) is 6.61. The lowest BCUT2D eigenvalue weighted by Gasteiger charge is -2.20. The third-order valence-electron chi connectivity index (χ3n) is 2.96. The van der Waals surface area contributed by atoms with Crippen molar-refractivity contribution >= 4 is 0 Å². The molecule has 1 rings (SSSR count). The molecule has 0 radical (unpaired) electrons. The number of nitrogens with two attached hydrogens (primary N) is 1. The average Bonchev–Trinajstić information content (AvgIpc) is 2.30. The maximum atomic E-state index is 13.4. The third-order valence-corrected chi connectivity index (χ3v) is 2.96. The van der Waals surface area contributed by atoms with Crippen LogP contribution in [0, 0.1) is 5.82 Å². The summed E-state index contributed by atoms with van der Waals surface area (Å²) in [6.07, 6.45) is 0.794. The van der Waals surface area contributed by atoms with Gasteiger partial charge in [0.1, 0.15) is 5.82 Å². The molecule has 2 N–H and O–H groups in total. The van der Waals surface area contributed by atoms with Crippen LogP contribution in [0.2, 0.25) is 0 Å². The van der Waals surface area contributed by atoms with E-state index in [1.165, 1.54) is 6.07 Å². The van der Waals surface area contributed by atoms with Gasteiger partial charge in [-0.05, 0) is 32.1 Å². The second-order valence-electron chi connectivity index (χ2n) is 3.94. The molecule has 0 spiro atoms. The van der Waals surface area contributed by atoms with Crippen LogP contribution in [0.5, 0.6) is 0 Å². The van der Waals surface area contributed by atoms with E-state index in [1.54, 1.807) is 12.1 Å². The highest BCUT2D eigenvalue weighted by atomic mass is 19.1. The molecule has 2 nitrogen and oxygen atoms in total. The molecule has 1 aromatic carbocycles. The number of hydrogen-bond acceptors (Lipinski definition) is 2. The Morgan fingerprint density at radius 2 is 1.88 bits per heavy atom. The van der Waals surface area contributed by atoms with Gasteiger partial charge in [0.2, 0.25) is 0 Å². The highest BCUT2D eigenvalue weighted by Crippen LogP contribution is 2.17. The van der Waals surface area contributed by atoms with E-state index < -0.39 is 0 Å². The van der Waals surface area contributed by atoms with Gasteiger partial charge in [0.25, 0.3) is 0 Å². The number of halogens is 1. The van der Waals surface area contributed by atoms with Crippen molar-refractivity contribution < 1.29 is 4.39 Å². The zero-order valence-electron chi connectivity index (χ0n) is 10.1. The highest BCUT2D eigenvalue weighted by molar-refractivity contribution is 5.20. The normalized spacial score (nSPS) is 13.1. The highest BCUT2D eigenvalue weighted by Gasteiger charge is 2.11. The molecule has 1 atom stereocenters. The maximum absolute atomic E-state index is 13.4. The molecule has 0 aliphatic heterocycles. The minimum Gasteiger partial charge on any atom is -0.324 e. The zero-order chi connectivity index (χ0) is 12.0. The smallest absolute Gasteiger partial charge is 0.127 e. The van der Waals surface area contributed by atoms with Gasteiger partial charge >= 0.3 is 0 Å². The van der Waals surface area contributed by atoms with E-state index in [-0.39, 0.29) is 11.9 Å². The summed E-state index contributed by atoms with van der Waals surface area (Å²) in [5.74, 6) is -0.199. The Morgan fingerprint density at radius 1 is 1.25 bits per heavy atom. The lowest BCUT2D eigenvalue weighted by Crippen LogP contribution is -2.27. The van der Waals surface area contributed by atoms with Gasteiger partial charge < -0.3 is 10.6 Å². The Balaban J connectivity index is 2.52. The summed E-state index contributed by atoms with van der Waals surface area (Å²) in [6, 6.07) is 6.54. The lowest BCUT2D eigenvalue weighted by atomic mass is 10.0. The molecule has 0 aliphatic carbocycles. The molecule has 90 valence electrons. The fraction of sp³-hybridized carbons (Fsp3) is 0.538. The van der Waals surface area contributed by atoms with E-state index in [1.807, 2.05) is 6.07 Å². The number of benzene rings is 1. The molecular formula is C13H21FN2. The molecular weight excluding hydrogens is 203 g/mol. The summed E-state index contributed by atoms with van der Waals surface area (Å²) in [4.78, 5) is 2.29. The number of hydrogen-bond donors (Lipinski definition) is 1. The molecule has 0 fully saturated rings. The summed E-state index contributed by atoms with van der Waals surface area (Å²) < 4.78 is 13.4. The molecule has 0 amide bonds. The molecule has 1 unspecified atom stereocenters. The van der Waals surface area contributed by atoms with Gasteiger partial charge in [0, 0.05) is 11.6 Å². The Hall–Kier alpha value is -0.930. The first-order valence-corrected chi connectivity index (χ1v) is 5.91. The van der Waals surface area contributed by atoms with Crippen molar-refractivity contribution in [1.82, 2.24) is 4.90 Å². The van der Waals surface area contributed by atoms with Crippen LogP contribution < -0.4 is 5.73 Å². The van der Waals surface area contributed by atoms with Crippen molar-refractivity contribution in [3.05, 3.63) is 35.6 Å². The van der Waals surface area contributed by atoms with E-state index in [4.69, 9.17) is 5.73 Å². The fourth-order valence-corrected chi connectivity index (χ4v) is 1.79. The van der Waals surface area contributed by atoms with Crippen LogP contribution in [0.3, 0.4) is 0 Å². The van der Waals surface area contributed by atoms with Gasteiger partial charge in [-0.1, -0.05) is 32.0 Å². The minimum absolute atomic E-state index is 0.199. The minimum atomic E-state index is -0.207. The number of rotatable bonds is 6. The molecule has 16 heavy (non-hydrogen) atoms. The molecule has 0 bridgehead atoms. The van der Waals surface area contributed by atoms with Gasteiger partial charge in [-0.3, -0.25) is 0 Å². The van der Waals surface area contributed by atoms with Crippen LogP contribution in [0.25, 0.3) is 0 Å². The first-order valence-electron chi connectivity index (χ1n) is 5.91. The van der Waals surface area contributed by atoms with Gasteiger partial charge in [-0.2, -0.15) is 0 Å². The van der Waals surface area contributed by atoms with E-state index in [0.29, 0.717) is 5.56 Å². The van der Waals surface area contributed by atoms with Crippen molar-refractivity contribution in [2.75, 3.05) is 19.6 Å². The van der Waals surface area contributed by atoms with Crippen LogP contribution in [0.15, 0.2) is 24.3 Å². The van der Waals surface area contributed by atoms with E-state index >= 15 is 0 Å². The molecule has 0 saturated heterocycles. The predicted octanol–water partition coefficient (Wildman–Crippen LogP) is 2.56. The Labute approximate surface area is 97.3 Å². The van der Waals surface area contributed by atoms with Crippen LogP contribution >= 0.6 is 0 Å². The van der Waals surface area contributed by atoms with E-state index in [2.05, 4.69) is 18.7 Å². The van der Waals surface area contributed by atoms with E-state index in [0.717, 1.165) is 26.1 Å².